The monoisotopic (exact) mass is 277 g/mol. The van der Waals surface area contributed by atoms with E-state index in [0.29, 0.717) is 11.9 Å². The van der Waals surface area contributed by atoms with E-state index >= 15 is 0 Å². The summed E-state index contributed by atoms with van der Waals surface area (Å²) < 4.78 is 0. The molecule has 0 bridgehead atoms. The highest BCUT2D eigenvalue weighted by Crippen LogP contribution is 2.35. The fraction of sp³-hybridized carbons (Fsp3) is 0.733. The van der Waals surface area contributed by atoms with Gasteiger partial charge in [0.25, 0.3) is 0 Å². The van der Waals surface area contributed by atoms with E-state index < -0.39 is 0 Å². The second-order valence-corrected chi connectivity index (χ2v) is 5.81. The van der Waals surface area contributed by atoms with Gasteiger partial charge in [-0.3, -0.25) is 0 Å². The van der Waals surface area contributed by atoms with Crippen LogP contribution >= 0.6 is 0 Å². The minimum absolute atomic E-state index is 0.622. The molecule has 1 aromatic heterocycles. The Kier molecular flexibility index (Phi) is 5.59. The molecule has 2 rings (SSSR count). The number of hydrogen-bond donors (Lipinski definition) is 2. The maximum absolute atomic E-state index is 4.61. The van der Waals surface area contributed by atoms with Gasteiger partial charge < -0.3 is 15.5 Å². The van der Waals surface area contributed by atoms with Crippen LogP contribution in [0.4, 0.5) is 11.8 Å². The molecule has 20 heavy (non-hydrogen) atoms. The van der Waals surface area contributed by atoms with Crippen molar-refractivity contribution in [2.45, 2.75) is 38.0 Å². The van der Waals surface area contributed by atoms with Crippen LogP contribution in [-0.4, -0.2) is 49.1 Å². The molecular weight excluding hydrogens is 250 g/mol. The van der Waals surface area contributed by atoms with Gasteiger partial charge in [0.15, 0.2) is 0 Å². The quantitative estimate of drug-likeness (QED) is 0.837. The number of rotatable bonds is 6. The number of likely N-dealkylation sites (N-methyl/N-ethyl adjacent to an activating group) is 1. The molecule has 1 saturated carbocycles. The minimum atomic E-state index is 0.622. The van der Waals surface area contributed by atoms with Crippen LogP contribution in [0.15, 0.2) is 6.20 Å². The van der Waals surface area contributed by atoms with Crippen LogP contribution < -0.4 is 10.6 Å². The van der Waals surface area contributed by atoms with Gasteiger partial charge in [0.2, 0.25) is 5.95 Å². The zero-order valence-corrected chi connectivity index (χ0v) is 12.9. The van der Waals surface area contributed by atoms with Gasteiger partial charge in [-0.05, 0) is 32.9 Å². The molecule has 0 aromatic carbocycles. The lowest BCUT2D eigenvalue weighted by Crippen LogP contribution is -2.22. The third-order valence-electron chi connectivity index (χ3n) is 3.94. The molecule has 1 aromatic rings. The van der Waals surface area contributed by atoms with Crippen LogP contribution in [-0.2, 0) is 0 Å². The van der Waals surface area contributed by atoms with Gasteiger partial charge in [-0.15, -0.1) is 0 Å². The summed E-state index contributed by atoms with van der Waals surface area (Å²) >= 11 is 0. The largest absolute Gasteiger partial charge is 0.368 e. The van der Waals surface area contributed by atoms with Crippen LogP contribution in [0.5, 0.6) is 0 Å². The van der Waals surface area contributed by atoms with E-state index in [1.165, 1.54) is 37.7 Å². The van der Waals surface area contributed by atoms with Gasteiger partial charge in [-0.1, -0.05) is 19.3 Å². The molecule has 0 radical (unpaired) electrons. The van der Waals surface area contributed by atoms with Crippen molar-refractivity contribution >= 4 is 11.8 Å². The molecule has 0 spiro atoms. The van der Waals surface area contributed by atoms with Crippen molar-refractivity contribution in [3.63, 3.8) is 0 Å². The Morgan fingerprint density at radius 3 is 2.65 bits per heavy atom. The third kappa shape index (κ3) is 4.07. The highest BCUT2D eigenvalue weighted by Gasteiger charge is 2.20. The van der Waals surface area contributed by atoms with Crippen molar-refractivity contribution in [1.82, 2.24) is 14.9 Å². The molecule has 2 N–H and O–H groups in total. The summed E-state index contributed by atoms with van der Waals surface area (Å²) in [5.41, 5.74) is 1.29. The fourth-order valence-corrected chi connectivity index (χ4v) is 2.76. The summed E-state index contributed by atoms with van der Waals surface area (Å²) in [6, 6.07) is 0. The maximum atomic E-state index is 4.61. The van der Waals surface area contributed by atoms with Crippen molar-refractivity contribution < 1.29 is 0 Å². The van der Waals surface area contributed by atoms with E-state index in [2.05, 4.69) is 39.6 Å². The molecule has 112 valence electrons. The van der Waals surface area contributed by atoms with E-state index in [-0.39, 0.29) is 0 Å². The standard InChI is InChI=1S/C15H27N5/c1-16-15-18-11-13(12-7-5-4-6-8-12)14(19-15)17-9-10-20(2)3/h11-12H,4-10H2,1-3H3,(H2,16,17,18,19). The summed E-state index contributed by atoms with van der Waals surface area (Å²) in [7, 11) is 6.03. The highest BCUT2D eigenvalue weighted by molar-refractivity contribution is 5.49. The van der Waals surface area contributed by atoms with E-state index in [4.69, 9.17) is 0 Å². The Morgan fingerprint density at radius 2 is 2.00 bits per heavy atom. The zero-order chi connectivity index (χ0) is 14.4. The first-order valence-electron chi connectivity index (χ1n) is 7.64. The van der Waals surface area contributed by atoms with Gasteiger partial charge in [0.05, 0.1) is 0 Å². The maximum Gasteiger partial charge on any atom is 0.224 e. The predicted octanol–water partition coefficient (Wildman–Crippen LogP) is 2.54. The molecule has 0 saturated heterocycles. The van der Waals surface area contributed by atoms with Crippen LogP contribution in [0, 0.1) is 0 Å². The summed E-state index contributed by atoms with van der Waals surface area (Å²) in [5, 5.41) is 6.51. The van der Waals surface area contributed by atoms with Gasteiger partial charge in [-0.2, -0.15) is 4.98 Å². The smallest absolute Gasteiger partial charge is 0.224 e. The summed E-state index contributed by atoms with van der Waals surface area (Å²) in [5.74, 6) is 2.33. The molecule has 1 aliphatic carbocycles. The SMILES string of the molecule is CNc1ncc(C2CCCCC2)c(NCCN(C)C)n1. The van der Waals surface area contributed by atoms with Crippen molar-refractivity contribution in [3.05, 3.63) is 11.8 Å². The molecule has 1 heterocycles. The second kappa shape index (κ2) is 7.43. The second-order valence-electron chi connectivity index (χ2n) is 5.81. The third-order valence-corrected chi connectivity index (χ3v) is 3.94. The average molecular weight is 277 g/mol. The van der Waals surface area contributed by atoms with Gasteiger partial charge in [0.1, 0.15) is 5.82 Å². The Morgan fingerprint density at radius 1 is 1.25 bits per heavy atom. The van der Waals surface area contributed by atoms with Crippen LogP contribution in [0.1, 0.15) is 43.6 Å². The number of hydrogen-bond acceptors (Lipinski definition) is 5. The zero-order valence-electron chi connectivity index (χ0n) is 12.9. The normalized spacial score (nSPS) is 16.4. The molecular formula is C15H27N5. The molecule has 0 aliphatic heterocycles. The van der Waals surface area contributed by atoms with Crippen molar-refractivity contribution in [3.8, 4) is 0 Å². The Labute approximate surface area is 122 Å². The Balaban J connectivity index is 2.11. The van der Waals surface area contributed by atoms with E-state index in [9.17, 15) is 0 Å². The molecule has 0 atom stereocenters. The average Bonchev–Trinajstić information content (AvgIpc) is 2.47. The number of nitrogens with one attached hydrogen (secondary N) is 2. The molecule has 1 aliphatic rings. The van der Waals surface area contributed by atoms with E-state index in [1.54, 1.807) is 0 Å². The summed E-state index contributed by atoms with van der Waals surface area (Å²) in [4.78, 5) is 11.2. The highest BCUT2D eigenvalue weighted by atomic mass is 15.1. The topological polar surface area (TPSA) is 53.1 Å². The molecule has 0 amide bonds. The first-order valence-corrected chi connectivity index (χ1v) is 7.64. The first kappa shape index (κ1) is 15.0. The fourth-order valence-electron chi connectivity index (χ4n) is 2.76. The molecule has 0 unspecified atom stereocenters. The predicted molar refractivity (Wildman–Crippen MR) is 84.4 cm³/mol. The number of nitrogens with zero attached hydrogens (tertiary/aromatic N) is 3. The van der Waals surface area contributed by atoms with E-state index in [1.807, 2.05) is 13.2 Å². The molecule has 5 heteroatoms. The lowest BCUT2D eigenvalue weighted by atomic mass is 9.85. The number of anilines is 2. The minimum Gasteiger partial charge on any atom is -0.368 e. The van der Waals surface area contributed by atoms with Crippen LogP contribution in [0.3, 0.4) is 0 Å². The summed E-state index contributed by atoms with van der Waals surface area (Å²) in [6.07, 6.45) is 8.57. The Bertz CT molecular complexity index is 413. The summed E-state index contributed by atoms with van der Waals surface area (Å²) in [6.45, 7) is 1.91. The van der Waals surface area contributed by atoms with Gasteiger partial charge in [0, 0.05) is 31.9 Å². The molecule has 1 fully saturated rings. The first-order chi connectivity index (χ1) is 9.70. The van der Waals surface area contributed by atoms with Gasteiger partial charge >= 0.3 is 0 Å². The van der Waals surface area contributed by atoms with Crippen molar-refractivity contribution in [2.75, 3.05) is 44.9 Å². The van der Waals surface area contributed by atoms with E-state index in [0.717, 1.165) is 18.9 Å². The van der Waals surface area contributed by atoms with Crippen LogP contribution in [0.2, 0.25) is 0 Å². The molecule has 5 nitrogen and oxygen atoms in total. The van der Waals surface area contributed by atoms with Crippen LogP contribution in [0.25, 0.3) is 0 Å². The van der Waals surface area contributed by atoms with Crippen molar-refractivity contribution in [2.24, 2.45) is 0 Å². The van der Waals surface area contributed by atoms with Gasteiger partial charge in [-0.25, -0.2) is 4.98 Å². The Hall–Kier alpha value is -1.36. The lowest BCUT2D eigenvalue weighted by Gasteiger charge is -2.24. The number of aromatic nitrogens is 2. The lowest BCUT2D eigenvalue weighted by molar-refractivity contribution is 0.424. The van der Waals surface area contributed by atoms with Crippen molar-refractivity contribution in [1.29, 1.82) is 0 Å².